The normalized spacial score (nSPS) is 10.8. The molecule has 5 aromatic rings. The maximum absolute atomic E-state index is 13.0. The minimum atomic E-state index is -0.665. The Kier molecular flexibility index (Phi) is 5.01. The number of para-hydroxylation sites is 2. The predicted molar refractivity (Wildman–Crippen MR) is 117 cm³/mol. The zero-order chi connectivity index (χ0) is 21.9. The van der Waals surface area contributed by atoms with Crippen molar-refractivity contribution >= 4 is 33.7 Å². The van der Waals surface area contributed by atoms with E-state index in [-0.39, 0.29) is 11.1 Å². The van der Waals surface area contributed by atoms with Gasteiger partial charge in [0.1, 0.15) is 0 Å². The maximum Gasteiger partial charge on any atom is 0.412 e. The number of nitrogens with zero attached hydrogens (tertiary/aromatic N) is 2. The van der Waals surface area contributed by atoms with Gasteiger partial charge in [0.2, 0.25) is 12.4 Å². The van der Waals surface area contributed by atoms with Crippen molar-refractivity contribution < 1.29 is 28.7 Å². The summed E-state index contributed by atoms with van der Waals surface area (Å²) in [4.78, 5) is 37.2. The van der Waals surface area contributed by atoms with E-state index < -0.39 is 11.9 Å². The van der Waals surface area contributed by atoms with Crippen LogP contribution in [0.25, 0.3) is 21.8 Å². The molecule has 0 N–H and O–H groups in total. The smallest absolute Gasteiger partial charge is 0.239 e. The van der Waals surface area contributed by atoms with Crippen molar-refractivity contribution in [2.45, 2.75) is 0 Å². The number of fused-ring (bicyclic) bond motifs is 2. The lowest BCUT2D eigenvalue weighted by atomic mass is 10.1. The monoisotopic (exact) mass is 422 g/mol. The van der Waals surface area contributed by atoms with Crippen LogP contribution in [0.3, 0.4) is 0 Å². The molecule has 0 fully saturated rings. The number of rotatable bonds is 4. The van der Waals surface area contributed by atoms with Gasteiger partial charge in [-0.15, -0.1) is 0 Å². The van der Waals surface area contributed by atoms with Gasteiger partial charge in [0, 0.05) is 33.7 Å². The van der Waals surface area contributed by atoms with Gasteiger partial charge in [-0.25, -0.2) is 9.59 Å². The Morgan fingerprint density at radius 2 is 0.875 bits per heavy atom. The lowest BCUT2D eigenvalue weighted by molar-refractivity contribution is -0.847. The molecule has 0 saturated carbocycles. The molecule has 6 nitrogen and oxygen atoms in total. The standard InChI is InChI=1S/C26H18N2O4/c29-25(31-27-17-7-11-19-9-1-5-15-23(19)27)21-13-3-4-14-22(21)26(30)32-28-18-8-12-20-10-2-6-16-24(20)28/h1-18H/q+2. The van der Waals surface area contributed by atoms with E-state index in [2.05, 4.69) is 0 Å². The Morgan fingerprint density at radius 3 is 1.34 bits per heavy atom. The van der Waals surface area contributed by atoms with Gasteiger partial charge >= 0.3 is 11.9 Å². The van der Waals surface area contributed by atoms with Crippen molar-refractivity contribution in [3.05, 3.63) is 121 Å². The number of hydrogen-bond donors (Lipinski definition) is 0. The van der Waals surface area contributed by atoms with Crippen LogP contribution in [0, 0.1) is 0 Å². The summed E-state index contributed by atoms with van der Waals surface area (Å²) in [6.45, 7) is 0. The van der Waals surface area contributed by atoms with Crippen LogP contribution < -0.4 is 19.1 Å². The highest BCUT2D eigenvalue weighted by Gasteiger charge is 2.26. The van der Waals surface area contributed by atoms with Crippen molar-refractivity contribution in [1.82, 2.24) is 0 Å². The molecule has 2 aromatic heterocycles. The first kappa shape index (κ1) is 19.4. The van der Waals surface area contributed by atoms with Gasteiger partial charge in [0.05, 0.1) is 21.9 Å². The topological polar surface area (TPSA) is 60.4 Å². The zero-order valence-electron chi connectivity index (χ0n) is 16.9. The van der Waals surface area contributed by atoms with Crippen molar-refractivity contribution in [1.29, 1.82) is 0 Å². The third-order valence-electron chi connectivity index (χ3n) is 5.07. The predicted octanol–water partition coefficient (Wildman–Crippen LogP) is 3.11. The Labute approximate surface area is 183 Å². The van der Waals surface area contributed by atoms with Gasteiger partial charge in [-0.2, -0.15) is 9.68 Å². The highest BCUT2D eigenvalue weighted by atomic mass is 16.7. The summed E-state index contributed by atoms with van der Waals surface area (Å²) >= 11 is 0. The highest BCUT2D eigenvalue weighted by Crippen LogP contribution is 2.12. The SMILES string of the molecule is O=C(O[n+]1cccc2ccccc21)c1ccccc1C(=O)O[n+]1cccc2ccccc21. The number of carbonyl (C=O) groups excluding carboxylic acids is 2. The van der Waals surface area contributed by atoms with Gasteiger partial charge < -0.3 is 0 Å². The van der Waals surface area contributed by atoms with Crippen LogP contribution >= 0.6 is 0 Å². The molecule has 0 saturated heterocycles. The molecule has 0 aliphatic rings. The molecule has 0 spiro atoms. The molecular formula is C26H18N2O4+2. The summed E-state index contributed by atoms with van der Waals surface area (Å²) in [5, 5.41) is 1.84. The third-order valence-corrected chi connectivity index (χ3v) is 5.07. The van der Waals surface area contributed by atoms with E-state index in [0.717, 1.165) is 21.8 Å². The van der Waals surface area contributed by atoms with E-state index >= 15 is 0 Å². The van der Waals surface area contributed by atoms with Crippen LogP contribution in [-0.4, -0.2) is 11.9 Å². The first-order valence-corrected chi connectivity index (χ1v) is 10.0. The number of hydrogen-bond acceptors (Lipinski definition) is 4. The average molecular weight is 422 g/mol. The molecule has 0 atom stereocenters. The van der Waals surface area contributed by atoms with Crippen LogP contribution in [0.15, 0.2) is 109 Å². The maximum atomic E-state index is 13.0. The summed E-state index contributed by atoms with van der Waals surface area (Å²) in [6.07, 6.45) is 3.29. The second kappa shape index (κ2) is 8.28. The minimum Gasteiger partial charge on any atom is -0.239 e. The summed E-state index contributed by atoms with van der Waals surface area (Å²) in [5.74, 6) is -1.33. The van der Waals surface area contributed by atoms with Crippen molar-refractivity contribution in [2.24, 2.45) is 0 Å². The quantitative estimate of drug-likeness (QED) is 0.418. The largest absolute Gasteiger partial charge is 0.412 e. The molecule has 5 rings (SSSR count). The molecule has 0 aliphatic heterocycles. The fourth-order valence-electron chi connectivity index (χ4n) is 3.54. The van der Waals surface area contributed by atoms with Crippen molar-refractivity contribution in [2.75, 3.05) is 0 Å². The van der Waals surface area contributed by atoms with Crippen molar-refractivity contribution in [3.8, 4) is 0 Å². The Bertz CT molecular complexity index is 1360. The van der Waals surface area contributed by atoms with Gasteiger partial charge in [-0.1, -0.05) is 36.4 Å². The van der Waals surface area contributed by atoms with Crippen LogP contribution in [0.4, 0.5) is 0 Å². The second-order valence-corrected chi connectivity index (χ2v) is 7.09. The lowest BCUT2D eigenvalue weighted by Gasteiger charge is -2.05. The molecule has 0 radical (unpaired) electrons. The summed E-state index contributed by atoms with van der Waals surface area (Å²) in [7, 11) is 0. The summed E-state index contributed by atoms with van der Waals surface area (Å²) in [6, 6.07) is 28.9. The molecule has 6 heteroatoms. The zero-order valence-corrected chi connectivity index (χ0v) is 16.9. The van der Waals surface area contributed by atoms with Crippen LogP contribution in [0.2, 0.25) is 0 Å². The number of aromatic nitrogens is 2. The lowest BCUT2D eigenvalue weighted by Crippen LogP contribution is -2.48. The van der Waals surface area contributed by atoms with Crippen molar-refractivity contribution in [3.63, 3.8) is 0 Å². The number of pyridine rings is 2. The van der Waals surface area contributed by atoms with Gasteiger partial charge in [-0.05, 0) is 36.4 Å². The third kappa shape index (κ3) is 3.65. The van der Waals surface area contributed by atoms with Crippen LogP contribution in [0.5, 0.6) is 0 Å². The Morgan fingerprint density at radius 1 is 0.500 bits per heavy atom. The van der Waals surface area contributed by atoms with E-state index in [4.69, 9.17) is 9.68 Å². The first-order valence-electron chi connectivity index (χ1n) is 10.0. The summed E-state index contributed by atoms with van der Waals surface area (Å²) < 4.78 is 2.78. The van der Waals surface area contributed by atoms with E-state index in [9.17, 15) is 9.59 Å². The molecule has 154 valence electrons. The van der Waals surface area contributed by atoms with E-state index in [1.807, 2.05) is 60.7 Å². The number of benzene rings is 3. The van der Waals surface area contributed by atoms with Gasteiger partial charge in [0.25, 0.3) is 11.0 Å². The van der Waals surface area contributed by atoms with E-state index in [0.29, 0.717) is 0 Å². The summed E-state index contributed by atoms with van der Waals surface area (Å²) in [5.41, 5.74) is 1.68. The van der Waals surface area contributed by atoms with Gasteiger partial charge in [-0.3, -0.25) is 0 Å². The average Bonchev–Trinajstić information content (AvgIpc) is 2.84. The van der Waals surface area contributed by atoms with Crippen LogP contribution in [-0.2, 0) is 0 Å². The minimum absolute atomic E-state index is 0.110. The highest BCUT2D eigenvalue weighted by molar-refractivity contribution is 6.03. The Hall–Kier alpha value is -4.58. The molecule has 0 amide bonds. The molecule has 0 aliphatic carbocycles. The van der Waals surface area contributed by atoms with E-state index in [1.54, 1.807) is 48.8 Å². The van der Waals surface area contributed by atoms with E-state index in [1.165, 1.54) is 9.46 Å². The van der Waals surface area contributed by atoms with Gasteiger partial charge in [0.15, 0.2) is 0 Å². The molecule has 3 aromatic carbocycles. The fraction of sp³-hybridized carbons (Fsp3) is 0. The molecule has 0 bridgehead atoms. The molecule has 32 heavy (non-hydrogen) atoms. The number of carbonyl (C=O) groups is 2. The second-order valence-electron chi connectivity index (χ2n) is 7.09. The molecule has 0 unspecified atom stereocenters. The molecular weight excluding hydrogens is 404 g/mol. The Balaban J connectivity index is 1.45. The fourth-order valence-corrected chi connectivity index (χ4v) is 3.54. The van der Waals surface area contributed by atoms with Crippen LogP contribution in [0.1, 0.15) is 20.7 Å². The molecule has 2 heterocycles. The first-order chi connectivity index (χ1) is 15.7.